The average Bonchev–Trinajstić information content (AvgIpc) is 3.90. The number of methoxy groups -OCH3 is 2. The van der Waals surface area contributed by atoms with Gasteiger partial charge in [-0.05, 0) is 61.2 Å². The zero-order valence-corrected chi connectivity index (χ0v) is 43.9. The molecule has 9 unspecified atom stereocenters. The molecule has 0 aliphatic carbocycles. The van der Waals surface area contributed by atoms with Gasteiger partial charge < -0.3 is 39.9 Å². The number of unbranched alkanes of at least 4 members (excludes halogenated alkanes) is 2. The van der Waals surface area contributed by atoms with E-state index in [1.54, 1.807) is 61.9 Å². The number of carbonyl (C=O) groups is 8. The molecule has 18 heteroatoms. The maximum atomic E-state index is 14.2. The van der Waals surface area contributed by atoms with E-state index in [4.69, 9.17) is 9.47 Å². The molecule has 7 amide bonds. The maximum Gasteiger partial charge on any atom is 0.326 e. The average molecular weight is 987 g/mol. The van der Waals surface area contributed by atoms with E-state index in [-0.39, 0.29) is 72.9 Å². The third kappa shape index (κ3) is 17.1. The smallest absolute Gasteiger partial charge is 0.326 e. The number of thioether (sulfide) groups is 1. The molecule has 3 rings (SSSR count). The molecule has 3 N–H and O–H groups in total. The van der Waals surface area contributed by atoms with Crippen LogP contribution in [-0.4, -0.2) is 167 Å². The number of likely N-dealkylation sites (N-methyl/N-ethyl adjacent to an activating group) is 2. The topological polar surface area (TPSA) is 212 Å². The van der Waals surface area contributed by atoms with Crippen LogP contribution in [0.25, 0.3) is 0 Å². The minimum atomic E-state index is -1.16. The van der Waals surface area contributed by atoms with Gasteiger partial charge in [0.2, 0.25) is 41.4 Å². The van der Waals surface area contributed by atoms with E-state index in [9.17, 15) is 43.5 Å². The van der Waals surface area contributed by atoms with Gasteiger partial charge in [-0.1, -0.05) is 91.6 Å². The summed E-state index contributed by atoms with van der Waals surface area (Å²) in [6, 6.07) is 6.00. The first-order valence-corrected chi connectivity index (χ1v) is 25.9. The van der Waals surface area contributed by atoms with Gasteiger partial charge in [0, 0.05) is 60.7 Å². The van der Waals surface area contributed by atoms with Crippen molar-refractivity contribution in [2.45, 2.75) is 161 Å². The lowest BCUT2D eigenvalue weighted by Gasteiger charge is -2.39. The lowest BCUT2D eigenvalue weighted by atomic mass is 9.90. The first kappa shape index (κ1) is 58.8. The molecule has 0 bridgehead atoms. The Hall–Kier alpha value is -4.55. The van der Waals surface area contributed by atoms with Crippen LogP contribution in [0.3, 0.4) is 0 Å². The number of rotatable bonds is 30. The Bertz CT molecular complexity index is 1870. The minimum Gasteiger partial charge on any atom is -0.480 e. The van der Waals surface area contributed by atoms with E-state index in [0.29, 0.717) is 57.5 Å². The Labute approximate surface area is 414 Å². The maximum absolute atomic E-state index is 14.2. The number of hydrogen-bond donors (Lipinski definition) is 3. The first-order chi connectivity index (χ1) is 32.7. The summed E-state index contributed by atoms with van der Waals surface area (Å²) >= 11 is 1.55. The first-order valence-electron chi connectivity index (χ1n) is 24.9. The molecule has 2 heterocycles. The van der Waals surface area contributed by atoms with Gasteiger partial charge in [0.25, 0.3) is 0 Å². The molecular weight excluding hydrogens is 905 g/mol. The summed E-state index contributed by atoms with van der Waals surface area (Å²) < 4.78 is 11.8. The molecule has 1 aromatic rings. The van der Waals surface area contributed by atoms with Crippen LogP contribution in [0.4, 0.5) is 0 Å². The highest BCUT2D eigenvalue weighted by molar-refractivity contribution is 8.00. The van der Waals surface area contributed by atoms with Gasteiger partial charge in [-0.25, -0.2) is 4.79 Å². The molecule has 388 valence electrons. The minimum absolute atomic E-state index is 0.0732. The van der Waals surface area contributed by atoms with E-state index in [2.05, 4.69) is 24.5 Å². The zero-order valence-electron chi connectivity index (χ0n) is 43.1. The predicted molar refractivity (Wildman–Crippen MR) is 266 cm³/mol. The van der Waals surface area contributed by atoms with E-state index in [1.807, 2.05) is 33.8 Å². The Kier molecular flexibility index (Phi) is 24.7. The van der Waals surface area contributed by atoms with Crippen LogP contribution in [0, 0.1) is 23.7 Å². The fraction of sp³-hybridized carbons (Fsp3) is 0.725. The van der Waals surface area contributed by atoms with Gasteiger partial charge in [0.1, 0.15) is 12.1 Å². The number of carboxylic acid groups (broad SMARTS) is 1. The Morgan fingerprint density at radius 2 is 1.58 bits per heavy atom. The number of carbonyl (C=O) groups excluding carboxylic acids is 7. The zero-order chi connectivity index (χ0) is 51.5. The number of amides is 7. The second-order valence-corrected chi connectivity index (χ2v) is 20.9. The molecule has 2 aliphatic heterocycles. The lowest BCUT2D eigenvalue weighted by molar-refractivity contribution is -0.147. The summed E-state index contributed by atoms with van der Waals surface area (Å²) in [6.45, 7) is 13.9. The fourth-order valence-electron chi connectivity index (χ4n) is 9.51. The summed E-state index contributed by atoms with van der Waals surface area (Å²) in [5, 5.41) is 15.0. The number of aliphatic carboxylic acids is 1. The molecule has 0 aromatic heterocycles. The van der Waals surface area contributed by atoms with Crippen molar-refractivity contribution < 1.29 is 52.9 Å². The van der Waals surface area contributed by atoms with E-state index >= 15 is 0 Å². The molecule has 0 spiro atoms. The normalized spacial score (nSPS) is 19.2. The summed E-state index contributed by atoms with van der Waals surface area (Å²) in [7, 11) is 6.17. The molecule has 17 nitrogen and oxygen atoms in total. The monoisotopic (exact) mass is 987 g/mol. The fourth-order valence-corrected chi connectivity index (χ4v) is 10.9. The Morgan fingerprint density at radius 1 is 0.899 bits per heavy atom. The number of likely N-dealkylation sites (tertiary alicyclic amines) is 2. The third-order valence-electron chi connectivity index (χ3n) is 13.8. The summed E-state index contributed by atoms with van der Waals surface area (Å²) in [5.41, 5.74) is 0.764. The van der Waals surface area contributed by atoms with Gasteiger partial charge in [0.15, 0.2) is 0 Å². The Morgan fingerprint density at radius 3 is 2.17 bits per heavy atom. The number of hydrogen-bond acceptors (Lipinski definition) is 11. The number of imide groups is 1. The van der Waals surface area contributed by atoms with Crippen LogP contribution in [0.15, 0.2) is 30.3 Å². The molecule has 69 heavy (non-hydrogen) atoms. The van der Waals surface area contributed by atoms with Crippen molar-refractivity contribution in [1.82, 2.24) is 30.2 Å². The van der Waals surface area contributed by atoms with Crippen molar-refractivity contribution in [3.05, 3.63) is 35.9 Å². The van der Waals surface area contributed by atoms with Crippen LogP contribution in [-0.2, 0) is 54.3 Å². The summed E-state index contributed by atoms with van der Waals surface area (Å²) in [6.07, 6.45) is 3.60. The van der Waals surface area contributed by atoms with Crippen LogP contribution < -0.4 is 10.6 Å². The van der Waals surface area contributed by atoms with Gasteiger partial charge in [-0.15, -0.1) is 11.8 Å². The number of nitrogens with zero attached hydrogens (tertiary/aromatic N) is 4. The number of nitrogens with one attached hydrogen (secondary N) is 2. The second-order valence-electron chi connectivity index (χ2n) is 19.6. The summed E-state index contributed by atoms with van der Waals surface area (Å²) in [4.78, 5) is 112. The second kappa shape index (κ2) is 29.0. The van der Waals surface area contributed by atoms with E-state index < -0.39 is 66.0 Å². The van der Waals surface area contributed by atoms with Crippen molar-refractivity contribution in [1.29, 1.82) is 0 Å². The van der Waals surface area contributed by atoms with Gasteiger partial charge in [0.05, 0.1) is 48.4 Å². The highest BCUT2D eigenvalue weighted by atomic mass is 32.2. The molecule has 2 saturated heterocycles. The van der Waals surface area contributed by atoms with Gasteiger partial charge in [-0.3, -0.25) is 38.5 Å². The predicted octanol–water partition coefficient (Wildman–Crippen LogP) is 4.79. The van der Waals surface area contributed by atoms with E-state index in [0.717, 1.165) is 17.7 Å². The molecule has 0 radical (unpaired) electrons. The number of ether oxygens (including phenoxy) is 2. The van der Waals surface area contributed by atoms with E-state index in [1.165, 1.54) is 28.9 Å². The molecule has 2 fully saturated rings. The molecule has 9 atom stereocenters. The van der Waals surface area contributed by atoms with Crippen molar-refractivity contribution in [2.24, 2.45) is 23.7 Å². The van der Waals surface area contributed by atoms with Crippen LogP contribution in [0.5, 0.6) is 0 Å². The molecule has 0 saturated carbocycles. The SMILES string of the molecule is CCC(C)C(C(CC(=O)N1CCCC1C(OC)C(C)C(=O)NC(Cc1ccccc1)C(=O)O)OC)N(C)C(=O)CNC(=O)C(C(C)C)N(C)C(=O)CCCCCN1C(=O)CC(SCCC(C)C)C1=O. The van der Waals surface area contributed by atoms with Crippen molar-refractivity contribution in [2.75, 3.05) is 53.7 Å². The Balaban J connectivity index is 1.58. The van der Waals surface area contributed by atoms with Crippen LogP contribution in [0.2, 0.25) is 0 Å². The molecular formula is C51H82N6O11S. The summed E-state index contributed by atoms with van der Waals surface area (Å²) in [5.74, 6) is -3.09. The van der Waals surface area contributed by atoms with Crippen LogP contribution >= 0.6 is 11.8 Å². The lowest BCUT2D eigenvalue weighted by Crippen LogP contribution is -2.56. The van der Waals surface area contributed by atoms with Crippen molar-refractivity contribution in [3.8, 4) is 0 Å². The highest BCUT2D eigenvalue weighted by Crippen LogP contribution is 2.30. The number of benzene rings is 1. The number of carboxylic acids is 1. The van der Waals surface area contributed by atoms with Crippen LogP contribution in [0.1, 0.15) is 118 Å². The molecule has 2 aliphatic rings. The van der Waals surface area contributed by atoms with Crippen molar-refractivity contribution in [3.63, 3.8) is 0 Å². The highest BCUT2D eigenvalue weighted by Gasteiger charge is 2.43. The quantitative estimate of drug-likeness (QED) is 0.0702. The van der Waals surface area contributed by atoms with Gasteiger partial charge in [-0.2, -0.15) is 0 Å². The van der Waals surface area contributed by atoms with Crippen molar-refractivity contribution >= 4 is 59.1 Å². The standard InChI is InChI=1S/C51H82N6O11S/c1-12-34(6)46(39(67-10)29-42(59)56-26-19-22-38(56)47(68-11)35(7)48(62)53-37(51(65)66)28-36-20-15-13-16-21-36)55(9)44(61)31-52-49(63)45(33(4)5)54(8)41(58)23-17-14-18-25-57-43(60)30-40(50(57)64)69-27-24-32(2)3/h13,15-16,20-21,32-35,37-40,45-47H,12,14,17-19,22-31H2,1-11H3,(H,52,63)(H,53,62)(H,65,66). The molecule has 1 aromatic carbocycles. The largest absolute Gasteiger partial charge is 0.480 e. The third-order valence-corrected chi connectivity index (χ3v) is 15.1. The van der Waals surface area contributed by atoms with Gasteiger partial charge >= 0.3 is 5.97 Å².